The lowest BCUT2D eigenvalue weighted by atomic mass is 10.2. The third kappa shape index (κ3) is 3.28. The molecule has 0 saturated carbocycles. The molecule has 0 aliphatic rings. The molecule has 0 saturated heterocycles. The number of aromatic hydroxyl groups is 1. The molecule has 0 aliphatic carbocycles. The third-order valence-electron chi connectivity index (χ3n) is 2.51. The van der Waals surface area contributed by atoms with Crippen LogP contribution in [0.5, 0.6) is 5.75 Å². The Morgan fingerprint density at radius 1 is 1.11 bits per heavy atom. The van der Waals surface area contributed by atoms with Gasteiger partial charge in [0.1, 0.15) is 17.4 Å². The van der Waals surface area contributed by atoms with Gasteiger partial charge in [-0.25, -0.2) is 8.78 Å². The number of halogens is 4. The largest absolute Gasteiger partial charge is 0.506 e. The van der Waals surface area contributed by atoms with Crippen LogP contribution in [-0.2, 0) is 6.54 Å². The Morgan fingerprint density at radius 2 is 1.84 bits per heavy atom. The normalized spacial score (nSPS) is 10.5. The van der Waals surface area contributed by atoms with E-state index in [2.05, 4.69) is 5.32 Å². The molecular formula is C13H9Cl2F2NO. The zero-order valence-corrected chi connectivity index (χ0v) is 11.1. The fourth-order valence-electron chi connectivity index (χ4n) is 1.58. The minimum atomic E-state index is -0.715. The molecule has 2 rings (SSSR count). The molecule has 19 heavy (non-hydrogen) atoms. The van der Waals surface area contributed by atoms with E-state index in [1.165, 1.54) is 18.2 Å². The van der Waals surface area contributed by atoms with Crippen molar-refractivity contribution in [2.24, 2.45) is 0 Å². The van der Waals surface area contributed by atoms with Gasteiger partial charge in [-0.15, -0.1) is 0 Å². The number of rotatable bonds is 3. The van der Waals surface area contributed by atoms with Crippen molar-refractivity contribution in [2.75, 3.05) is 5.32 Å². The van der Waals surface area contributed by atoms with Gasteiger partial charge in [-0.1, -0.05) is 23.2 Å². The van der Waals surface area contributed by atoms with Crippen molar-refractivity contribution in [2.45, 2.75) is 6.54 Å². The van der Waals surface area contributed by atoms with Crippen molar-refractivity contribution in [1.29, 1.82) is 0 Å². The molecule has 0 bridgehead atoms. The van der Waals surface area contributed by atoms with Crippen LogP contribution in [0.2, 0.25) is 10.0 Å². The first kappa shape index (κ1) is 13.9. The summed E-state index contributed by atoms with van der Waals surface area (Å²) < 4.78 is 26.1. The molecule has 0 aromatic heterocycles. The Labute approximate surface area is 118 Å². The first-order valence-electron chi connectivity index (χ1n) is 5.33. The van der Waals surface area contributed by atoms with E-state index in [-0.39, 0.29) is 23.0 Å². The van der Waals surface area contributed by atoms with E-state index in [0.29, 0.717) is 10.6 Å². The summed E-state index contributed by atoms with van der Waals surface area (Å²) in [4.78, 5) is 0. The monoisotopic (exact) mass is 303 g/mol. The van der Waals surface area contributed by atoms with Crippen LogP contribution in [-0.4, -0.2) is 5.11 Å². The van der Waals surface area contributed by atoms with E-state index < -0.39 is 11.6 Å². The smallest absolute Gasteiger partial charge is 0.149 e. The van der Waals surface area contributed by atoms with Crippen molar-refractivity contribution >= 4 is 28.9 Å². The number of phenols is 1. The van der Waals surface area contributed by atoms with Gasteiger partial charge in [0.2, 0.25) is 0 Å². The molecule has 0 fully saturated rings. The predicted octanol–water partition coefficient (Wildman–Crippen LogP) is 4.59. The van der Waals surface area contributed by atoms with Gasteiger partial charge in [0.05, 0.1) is 10.7 Å². The van der Waals surface area contributed by atoms with Gasteiger partial charge in [-0.05, 0) is 24.3 Å². The highest BCUT2D eigenvalue weighted by molar-refractivity contribution is 6.35. The van der Waals surface area contributed by atoms with Gasteiger partial charge in [-0.3, -0.25) is 0 Å². The minimum Gasteiger partial charge on any atom is -0.506 e. The molecule has 0 aliphatic heterocycles. The maximum absolute atomic E-state index is 13.4. The van der Waals surface area contributed by atoms with Gasteiger partial charge in [0, 0.05) is 23.2 Å². The topological polar surface area (TPSA) is 32.3 Å². The lowest BCUT2D eigenvalue weighted by Crippen LogP contribution is -2.02. The highest BCUT2D eigenvalue weighted by Crippen LogP contribution is 2.31. The van der Waals surface area contributed by atoms with Crippen molar-refractivity contribution in [3.8, 4) is 5.75 Å². The fourth-order valence-corrected chi connectivity index (χ4v) is 2.11. The molecule has 6 heteroatoms. The van der Waals surface area contributed by atoms with Crippen LogP contribution < -0.4 is 5.32 Å². The predicted molar refractivity (Wildman–Crippen MR) is 71.8 cm³/mol. The highest BCUT2D eigenvalue weighted by atomic mass is 35.5. The molecule has 2 N–H and O–H groups in total. The first-order chi connectivity index (χ1) is 8.97. The van der Waals surface area contributed by atoms with Crippen LogP contribution in [0.1, 0.15) is 5.56 Å². The summed E-state index contributed by atoms with van der Waals surface area (Å²) in [5, 5.41) is 12.9. The summed E-state index contributed by atoms with van der Waals surface area (Å²) in [5.74, 6) is -1.50. The third-order valence-corrected chi connectivity index (χ3v) is 3.01. The summed E-state index contributed by atoms with van der Waals surface area (Å²) >= 11 is 11.6. The van der Waals surface area contributed by atoms with Gasteiger partial charge in [0.25, 0.3) is 0 Å². The van der Waals surface area contributed by atoms with E-state index >= 15 is 0 Å². The quantitative estimate of drug-likeness (QED) is 0.869. The number of nitrogens with one attached hydrogen (secondary N) is 1. The van der Waals surface area contributed by atoms with E-state index in [0.717, 1.165) is 12.1 Å². The second kappa shape index (κ2) is 5.63. The van der Waals surface area contributed by atoms with Crippen molar-refractivity contribution < 1.29 is 13.9 Å². The maximum Gasteiger partial charge on any atom is 0.149 e. The van der Waals surface area contributed by atoms with Crippen LogP contribution in [0.25, 0.3) is 0 Å². The lowest BCUT2D eigenvalue weighted by Gasteiger charge is -2.10. The first-order valence-corrected chi connectivity index (χ1v) is 6.09. The molecule has 0 unspecified atom stereocenters. The minimum absolute atomic E-state index is 0.106. The van der Waals surface area contributed by atoms with Crippen LogP contribution in [0.4, 0.5) is 14.5 Å². The summed E-state index contributed by atoms with van der Waals surface area (Å²) in [7, 11) is 0. The van der Waals surface area contributed by atoms with Crippen molar-refractivity contribution in [3.63, 3.8) is 0 Å². The second-order valence-corrected chi connectivity index (χ2v) is 4.72. The Morgan fingerprint density at radius 3 is 2.53 bits per heavy atom. The number of hydrogen-bond donors (Lipinski definition) is 2. The molecule has 2 aromatic carbocycles. The van der Waals surface area contributed by atoms with E-state index in [9.17, 15) is 13.9 Å². The average molecular weight is 304 g/mol. The van der Waals surface area contributed by atoms with E-state index in [4.69, 9.17) is 23.2 Å². The van der Waals surface area contributed by atoms with Gasteiger partial charge in [0.15, 0.2) is 0 Å². The van der Waals surface area contributed by atoms with Crippen LogP contribution in [0, 0.1) is 11.6 Å². The average Bonchev–Trinajstić information content (AvgIpc) is 2.33. The molecule has 0 heterocycles. The Balaban J connectivity index is 2.19. The lowest BCUT2D eigenvalue weighted by molar-refractivity contribution is 0.469. The zero-order chi connectivity index (χ0) is 14.0. The van der Waals surface area contributed by atoms with Crippen molar-refractivity contribution in [1.82, 2.24) is 0 Å². The molecule has 100 valence electrons. The molecule has 2 aromatic rings. The molecule has 0 spiro atoms. The standard InChI is InChI=1S/C13H9Cl2F2NO/c14-8-3-7(13(19)10(15)4-8)6-18-12-2-1-9(16)5-11(12)17/h1-5,18-19H,6H2. The van der Waals surface area contributed by atoms with Crippen LogP contribution >= 0.6 is 23.2 Å². The van der Waals surface area contributed by atoms with E-state index in [1.807, 2.05) is 0 Å². The van der Waals surface area contributed by atoms with Gasteiger partial charge >= 0.3 is 0 Å². The van der Waals surface area contributed by atoms with Gasteiger partial charge < -0.3 is 10.4 Å². The second-order valence-electron chi connectivity index (χ2n) is 3.87. The van der Waals surface area contributed by atoms with Crippen LogP contribution in [0.15, 0.2) is 30.3 Å². The summed E-state index contributed by atoms with van der Waals surface area (Å²) in [6, 6.07) is 6.09. The summed E-state index contributed by atoms with van der Waals surface area (Å²) in [6.07, 6.45) is 0. The summed E-state index contributed by atoms with van der Waals surface area (Å²) in [6.45, 7) is 0.106. The van der Waals surface area contributed by atoms with E-state index in [1.54, 1.807) is 0 Å². The molecular weight excluding hydrogens is 295 g/mol. The molecule has 0 radical (unpaired) electrons. The Hall–Kier alpha value is -1.52. The SMILES string of the molecule is Oc1c(Cl)cc(Cl)cc1CNc1ccc(F)cc1F. The van der Waals surface area contributed by atoms with Crippen molar-refractivity contribution in [3.05, 3.63) is 57.6 Å². The number of benzene rings is 2. The number of phenolic OH excluding ortho intramolecular Hbond substituents is 1. The molecule has 0 atom stereocenters. The fraction of sp³-hybridized carbons (Fsp3) is 0.0769. The van der Waals surface area contributed by atoms with Crippen LogP contribution in [0.3, 0.4) is 0 Å². The molecule has 2 nitrogen and oxygen atoms in total. The zero-order valence-electron chi connectivity index (χ0n) is 9.55. The summed E-state index contributed by atoms with van der Waals surface area (Å²) in [5.41, 5.74) is 0.540. The Kier molecular flexibility index (Phi) is 4.12. The number of hydrogen-bond acceptors (Lipinski definition) is 2. The molecule has 0 amide bonds. The highest BCUT2D eigenvalue weighted by Gasteiger charge is 2.09. The van der Waals surface area contributed by atoms with Gasteiger partial charge in [-0.2, -0.15) is 0 Å². The Bertz CT molecular complexity index is 620. The maximum atomic E-state index is 13.4. The number of anilines is 1.